The fourth-order valence-corrected chi connectivity index (χ4v) is 7.71. The fraction of sp³-hybridized carbons (Fsp3) is 0.254. The van der Waals surface area contributed by atoms with Crippen LogP contribution in [0.4, 0.5) is 11.4 Å². The Labute approximate surface area is 403 Å². The molecule has 9 rings (SSSR count). The van der Waals surface area contributed by atoms with Crippen LogP contribution in [0.5, 0.6) is 0 Å². The molecule has 326 valence electrons. The molecule has 1 atom stereocenters. The average Bonchev–Trinajstić information content (AvgIpc) is 3.79. The number of hydrogen-bond donors (Lipinski definition) is 0. The Kier molecular flexibility index (Phi) is 17.2. The smallest absolute Gasteiger partial charge is 0.656 e. The largest absolute Gasteiger partial charge is 4.00 e. The SMILES string of the molecule is CCCCn1c(-n2c3c(c4cc(C(C)(C)C)ccc42)CC(C(C)(C)C)C=C3)nc2c([N-]c3ccccc3C)cccc21.[CH2-]c1ccccc1.[CH2-]c1ccccc1.[CH2-]c1ccccc1.[Hf+4]. The molecule has 0 saturated heterocycles. The van der Waals surface area contributed by atoms with Gasteiger partial charge in [0.05, 0.1) is 22.2 Å². The van der Waals surface area contributed by atoms with E-state index in [2.05, 4.69) is 158 Å². The molecule has 0 aliphatic heterocycles. The molecule has 2 aromatic heterocycles. The Morgan fingerprint density at radius 1 is 0.656 bits per heavy atom. The molecule has 0 N–H and O–H groups in total. The van der Waals surface area contributed by atoms with Gasteiger partial charge < -0.3 is 9.88 Å². The summed E-state index contributed by atoms with van der Waals surface area (Å²) in [7, 11) is 0. The van der Waals surface area contributed by atoms with Crippen molar-refractivity contribution in [1.29, 1.82) is 0 Å². The molecule has 1 unspecified atom stereocenters. The molecule has 6 aromatic carbocycles. The van der Waals surface area contributed by atoms with Gasteiger partial charge in [-0.3, -0.25) is 4.57 Å². The van der Waals surface area contributed by atoms with Crippen LogP contribution in [-0.4, -0.2) is 14.1 Å². The molecule has 1 aliphatic carbocycles. The Balaban J connectivity index is 0.000000284. The summed E-state index contributed by atoms with van der Waals surface area (Å²) in [4.78, 5) is 5.43. The minimum atomic E-state index is 0. The topological polar surface area (TPSA) is 36.9 Å². The first-order valence-corrected chi connectivity index (χ1v) is 22.4. The van der Waals surface area contributed by atoms with Crippen LogP contribution in [-0.2, 0) is 44.2 Å². The fourth-order valence-electron chi connectivity index (χ4n) is 7.71. The number of rotatable bonds is 6. The van der Waals surface area contributed by atoms with Crippen LogP contribution in [0.15, 0.2) is 158 Å². The number of benzene rings is 6. The second kappa shape index (κ2) is 22.3. The standard InChI is InChI=1S/C38H45N4.3C7H7.Hf/c1-9-10-22-41-34-17-13-16-31(39-30-15-12-11-14-25(30)2)35(34)40-36(41)42-32-20-18-26(37(3,4)5)23-28(32)29-24-27(38(6,7)8)19-21-33(29)42;3*1-7-5-3-2-4-6-7;/h11-21,23,27H,9-10,22,24H2,1-8H3;3*2-6H,1H2;/q4*-1;+4. The number of unbranched alkanes of at least 4 members (excludes halogenated alkanes) is 1. The first kappa shape index (κ1) is 49.4. The first-order valence-electron chi connectivity index (χ1n) is 22.4. The van der Waals surface area contributed by atoms with Gasteiger partial charge in [-0.1, -0.05) is 127 Å². The van der Waals surface area contributed by atoms with Crippen molar-refractivity contribution in [3.8, 4) is 5.95 Å². The summed E-state index contributed by atoms with van der Waals surface area (Å²) in [5, 5.41) is 6.47. The van der Waals surface area contributed by atoms with E-state index in [1.54, 1.807) is 0 Å². The molecule has 0 radical (unpaired) electrons. The van der Waals surface area contributed by atoms with Gasteiger partial charge in [-0.15, -0.1) is 47.8 Å². The molecule has 0 amide bonds. The zero-order valence-electron chi connectivity index (χ0n) is 39.4. The zero-order chi connectivity index (χ0) is 45.1. The molecule has 2 heterocycles. The summed E-state index contributed by atoms with van der Waals surface area (Å²) in [6.45, 7) is 30.4. The summed E-state index contributed by atoms with van der Waals surface area (Å²) in [5.41, 5.74) is 14.0. The minimum Gasteiger partial charge on any atom is -0.656 e. The van der Waals surface area contributed by atoms with Crippen LogP contribution >= 0.6 is 0 Å². The van der Waals surface area contributed by atoms with E-state index in [0.717, 1.165) is 70.9 Å². The second-order valence-electron chi connectivity index (χ2n) is 18.6. The second-order valence-corrected chi connectivity index (χ2v) is 18.6. The van der Waals surface area contributed by atoms with Crippen molar-refractivity contribution in [2.24, 2.45) is 11.3 Å². The third kappa shape index (κ3) is 12.5. The maximum atomic E-state index is 5.43. The number of aryl methyl sites for hydroxylation is 2. The molecule has 0 bridgehead atoms. The maximum absolute atomic E-state index is 5.43. The number of fused-ring (bicyclic) bond motifs is 4. The molecule has 0 fully saturated rings. The van der Waals surface area contributed by atoms with E-state index in [1.165, 1.54) is 33.3 Å². The third-order valence-corrected chi connectivity index (χ3v) is 11.6. The van der Waals surface area contributed by atoms with Gasteiger partial charge in [0, 0.05) is 11.9 Å². The van der Waals surface area contributed by atoms with E-state index in [9.17, 15) is 0 Å². The van der Waals surface area contributed by atoms with Gasteiger partial charge in [0.2, 0.25) is 5.95 Å². The van der Waals surface area contributed by atoms with Crippen molar-refractivity contribution < 1.29 is 25.8 Å². The first-order chi connectivity index (χ1) is 30.2. The van der Waals surface area contributed by atoms with Gasteiger partial charge in [-0.25, -0.2) is 4.98 Å². The van der Waals surface area contributed by atoms with Gasteiger partial charge in [0.15, 0.2) is 0 Å². The molecule has 4 nitrogen and oxygen atoms in total. The maximum Gasteiger partial charge on any atom is 4.00 e. The third-order valence-electron chi connectivity index (χ3n) is 11.6. The normalized spacial score (nSPS) is 13.0. The van der Waals surface area contributed by atoms with E-state index in [1.807, 2.05) is 91.0 Å². The van der Waals surface area contributed by atoms with Crippen molar-refractivity contribution in [2.45, 2.75) is 86.6 Å². The summed E-state index contributed by atoms with van der Waals surface area (Å²) in [6.07, 6.45) is 8.05. The van der Waals surface area contributed by atoms with Crippen molar-refractivity contribution >= 4 is 39.4 Å². The molecule has 0 saturated carbocycles. The number of allylic oxidation sites excluding steroid dienone is 1. The quantitative estimate of drug-likeness (QED) is 0.121. The number of para-hydroxylation sites is 2. The Morgan fingerprint density at radius 3 is 1.70 bits per heavy atom. The zero-order valence-corrected chi connectivity index (χ0v) is 43.0. The molecule has 8 aromatic rings. The summed E-state index contributed by atoms with van der Waals surface area (Å²) >= 11 is 0. The van der Waals surface area contributed by atoms with Crippen LogP contribution < -0.4 is 0 Å². The Hall–Kier alpha value is -5.65. The monoisotopic (exact) mass is 1010 g/mol. The number of imidazole rings is 1. The average molecular weight is 1010 g/mol. The van der Waals surface area contributed by atoms with Crippen LogP contribution in [0.3, 0.4) is 0 Å². The number of hydrogen-bond acceptors (Lipinski definition) is 1. The van der Waals surface area contributed by atoms with Crippen LogP contribution in [0.2, 0.25) is 0 Å². The van der Waals surface area contributed by atoms with Gasteiger partial charge in [0.1, 0.15) is 0 Å². The molecule has 0 spiro atoms. The van der Waals surface area contributed by atoms with E-state index < -0.39 is 0 Å². The Morgan fingerprint density at radius 2 is 1.20 bits per heavy atom. The van der Waals surface area contributed by atoms with E-state index in [4.69, 9.17) is 10.3 Å². The van der Waals surface area contributed by atoms with Gasteiger partial charge >= 0.3 is 25.8 Å². The van der Waals surface area contributed by atoms with Crippen LogP contribution in [0.25, 0.3) is 39.3 Å². The van der Waals surface area contributed by atoms with Crippen LogP contribution in [0, 0.1) is 39.0 Å². The summed E-state index contributed by atoms with van der Waals surface area (Å²) < 4.78 is 4.86. The predicted octanol–water partition coefficient (Wildman–Crippen LogP) is 16.6. The Bertz CT molecular complexity index is 2620. The van der Waals surface area contributed by atoms with E-state index in [0.29, 0.717) is 5.92 Å². The summed E-state index contributed by atoms with van der Waals surface area (Å²) in [6, 6.07) is 51.5. The van der Waals surface area contributed by atoms with Crippen molar-refractivity contribution in [3.05, 3.63) is 223 Å². The molecule has 64 heavy (non-hydrogen) atoms. The number of aromatic nitrogens is 3. The van der Waals surface area contributed by atoms with Gasteiger partial charge in [0.25, 0.3) is 0 Å². The van der Waals surface area contributed by atoms with Crippen molar-refractivity contribution in [1.82, 2.24) is 14.1 Å². The molecule has 5 heteroatoms. The molecular formula is C59H66HfN4. The molecule has 1 aliphatic rings. The minimum absolute atomic E-state index is 0. The van der Waals surface area contributed by atoms with Gasteiger partial charge in [-0.2, -0.15) is 73.9 Å². The van der Waals surface area contributed by atoms with Crippen molar-refractivity contribution in [2.75, 3.05) is 0 Å². The van der Waals surface area contributed by atoms with E-state index >= 15 is 0 Å². The predicted molar refractivity (Wildman–Crippen MR) is 272 cm³/mol. The van der Waals surface area contributed by atoms with Crippen LogP contribution in [0.1, 0.15) is 100 Å². The molecular weight excluding hydrogens is 943 g/mol. The van der Waals surface area contributed by atoms with E-state index in [-0.39, 0.29) is 36.7 Å². The number of nitrogens with zero attached hydrogens (tertiary/aromatic N) is 4. The summed E-state index contributed by atoms with van der Waals surface area (Å²) in [5.74, 6) is 1.47. The van der Waals surface area contributed by atoms with Crippen molar-refractivity contribution in [3.63, 3.8) is 0 Å². The van der Waals surface area contributed by atoms with Gasteiger partial charge in [-0.05, 0) is 71.9 Å².